The van der Waals surface area contributed by atoms with Gasteiger partial charge in [-0.1, -0.05) is 6.08 Å². The molecule has 2 radical (unpaired) electrons. The molecule has 0 spiro atoms. The zero-order chi connectivity index (χ0) is 8.32. The Kier molecular flexibility index (Phi) is 2.74. The number of aliphatic hydroxyl groups is 1. The van der Waals surface area contributed by atoms with E-state index in [0.29, 0.717) is 6.42 Å². The lowest BCUT2D eigenvalue weighted by Gasteiger charge is -2.25. The largest absolute Gasteiger partial charge is 0.393 e. The Morgan fingerprint density at radius 3 is 2.91 bits per heavy atom. The molecule has 0 bridgehead atoms. The first-order valence-electron chi connectivity index (χ1n) is 3.87. The number of aliphatic hydroxyl groups excluding tert-OH is 1. The number of hydrogen-bond acceptors (Lipinski definition) is 2. The van der Waals surface area contributed by atoms with Gasteiger partial charge in [0.05, 0.1) is 12.2 Å². The van der Waals surface area contributed by atoms with Crippen molar-refractivity contribution in [1.29, 1.82) is 0 Å². The SMILES string of the molecule is [B][C@H]1CC[C@](CO)(CC=C)O1. The van der Waals surface area contributed by atoms with Crippen molar-refractivity contribution in [2.75, 3.05) is 6.61 Å². The van der Waals surface area contributed by atoms with Crippen LogP contribution in [0.25, 0.3) is 0 Å². The van der Waals surface area contributed by atoms with Gasteiger partial charge in [0.1, 0.15) is 7.85 Å². The minimum atomic E-state index is -0.429. The van der Waals surface area contributed by atoms with Gasteiger partial charge in [-0.25, -0.2) is 0 Å². The van der Waals surface area contributed by atoms with Gasteiger partial charge >= 0.3 is 0 Å². The normalized spacial score (nSPS) is 37.4. The van der Waals surface area contributed by atoms with Crippen molar-refractivity contribution in [1.82, 2.24) is 0 Å². The summed E-state index contributed by atoms with van der Waals surface area (Å²) in [6, 6.07) is -0.206. The molecule has 1 aliphatic rings. The first-order valence-corrected chi connectivity index (χ1v) is 3.87. The maximum absolute atomic E-state index is 9.04. The summed E-state index contributed by atoms with van der Waals surface area (Å²) in [5.74, 6) is 0. The van der Waals surface area contributed by atoms with E-state index in [1.807, 2.05) is 0 Å². The third-order valence-electron chi connectivity index (χ3n) is 2.09. The molecule has 0 aromatic rings. The Labute approximate surface area is 68.7 Å². The van der Waals surface area contributed by atoms with Crippen LogP contribution in [0, 0.1) is 0 Å². The van der Waals surface area contributed by atoms with E-state index in [4.69, 9.17) is 17.7 Å². The van der Waals surface area contributed by atoms with Crippen LogP contribution in [0.15, 0.2) is 12.7 Å². The molecular formula is C8H13BO2. The molecule has 3 heteroatoms. The smallest absolute Gasteiger partial charge is 0.109 e. The number of hydrogen-bond donors (Lipinski definition) is 1. The molecule has 0 unspecified atom stereocenters. The molecule has 0 amide bonds. The fourth-order valence-electron chi connectivity index (χ4n) is 1.44. The van der Waals surface area contributed by atoms with Gasteiger partial charge < -0.3 is 9.84 Å². The standard InChI is InChI=1S/C8H13BO2/c1-2-4-8(6-10)5-3-7(9)11-8/h2,7,10H,1,3-6H2/t7-,8+/m1/s1. The summed E-state index contributed by atoms with van der Waals surface area (Å²) in [7, 11) is 5.55. The maximum Gasteiger partial charge on any atom is 0.109 e. The molecular weight excluding hydrogens is 139 g/mol. The topological polar surface area (TPSA) is 29.5 Å². The van der Waals surface area contributed by atoms with Crippen LogP contribution in [0.5, 0.6) is 0 Å². The van der Waals surface area contributed by atoms with E-state index in [0.717, 1.165) is 12.8 Å². The lowest BCUT2D eigenvalue weighted by Crippen LogP contribution is -2.33. The number of rotatable bonds is 3. The Morgan fingerprint density at radius 1 is 1.82 bits per heavy atom. The molecule has 1 N–H and O–H groups in total. The van der Waals surface area contributed by atoms with Crippen LogP contribution < -0.4 is 0 Å². The summed E-state index contributed by atoms with van der Waals surface area (Å²) >= 11 is 0. The van der Waals surface area contributed by atoms with Crippen molar-refractivity contribution >= 4 is 7.85 Å². The Hall–Kier alpha value is -0.275. The zero-order valence-corrected chi connectivity index (χ0v) is 6.62. The van der Waals surface area contributed by atoms with Crippen LogP contribution in [-0.4, -0.2) is 31.2 Å². The van der Waals surface area contributed by atoms with Crippen LogP contribution >= 0.6 is 0 Å². The highest BCUT2D eigenvalue weighted by atomic mass is 16.5. The van der Waals surface area contributed by atoms with E-state index >= 15 is 0 Å². The van der Waals surface area contributed by atoms with Crippen LogP contribution in [0.2, 0.25) is 0 Å². The molecule has 1 heterocycles. The molecule has 60 valence electrons. The minimum Gasteiger partial charge on any atom is -0.393 e. The Bertz CT molecular complexity index is 149. The van der Waals surface area contributed by atoms with Crippen LogP contribution in [0.3, 0.4) is 0 Å². The van der Waals surface area contributed by atoms with Crippen molar-refractivity contribution < 1.29 is 9.84 Å². The number of ether oxygens (including phenoxy) is 1. The van der Waals surface area contributed by atoms with E-state index in [9.17, 15) is 0 Å². The lowest BCUT2D eigenvalue weighted by molar-refractivity contribution is -0.0480. The highest BCUT2D eigenvalue weighted by Crippen LogP contribution is 2.31. The summed E-state index contributed by atoms with van der Waals surface area (Å²) in [5.41, 5.74) is -0.429. The van der Waals surface area contributed by atoms with Crippen LogP contribution in [-0.2, 0) is 4.74 Å². The average Bonchev–Trinajstić information content (AvgIpc) is 2.34. The summed E-state index contributed by atoms with van der Waals surface area (Å²) < 4.78 is 5.40. The van der Waals surface area contributed by atoms with E-state index in [1.54, 1.807) is 6.08 Å². The fraction of sp³-hybridized carbons (Fsp3) is 0.750. The summed E-state index contributed by atoms with van der Waals surface area (Å²) in [6.45, 7) is 3.64. The van der Waals surface area contributed by atoms with Gasteiger partial charge in [0.2, 0.25) is 0 Å². The van der Waals surface area contributed by atoms with E-state index in [2.05, 4.69) is 6.58 Å². The van der Waals surface area contributed by atoms with Crippen LogP contribution in [0.1, 0.15) is 19.3 Å². The second kappa shape index (κ2) is 3.41. The average molecular weight is 152 g/mol. The quantitative estimate of drug-likeness (QED) is 0.473. The first-order chi connectivity index (χ1) is 5.22. The highest BCUT2D eigenvalue weighted by molar-refractivity contribution is 6.11. The zero-order valence-electron chi connectivity index (χ0n) is 6.62. The molecule has 0 aromatic heterocycles. The molecule has 11 heavy (non-hydrogen) atoms. The third kappa shape index (κ3) is 1.85. The monoisotopic (exact) mass is 152 g/mol. The first kappa shape index (κ1) is 8.82. The molecule has 0 saturated carbocycles. The van der Waals surface area contributed by atoms with Gasteiger partial charge in [-0.15, -0.1) is 6.58 Å². The predicted octanol–water partition coefficient (Wildman–Crippen LogP) is 0.599. The molecule has 0 aliphatic carbocycles. The fourth-order valence-corrected chi connectivity index (χ4v) is 1.44. The van der Waals surface area contributed by atoms with Crippen molar-refractivity contribution in [2.24, 2.45) is 0 Å². The molecule has 2 atom stereocenters. The van der Waals surface area contributed by atoms with Crippen molar-refractivity contribution in [3.63, 3.8) is 0 Å². The Morgan fingerprint density at radius 2 is 2.55 bits per heavy atom. The van der Waals surface area contributed by atoms with E-state index < -0.39 is 5.60 Å². The lowest BCUT2D eigenvalue weighted by atomic mass is 9.93. The maximum atomic E-state index is 9.04. The van der Waals surface area contributed by atoms with Gasteiger partial charge in [-0.05, 0) is 19.3 Å². The van der Waals surface area contributed by atoms with Gasteiger partial charge in [0.15, 0.2) is 0 Å². The van der Waals surface area contributed by atoms with Gasteiger partial charge in [-0.2, -0.15) is 0 Å². The second-order valence-electron chi connectivity index (χ2n) is 3.03. The van der Waals surface area contributed by atoms with Gasteiger partial charge in [0.25, 0.3) is 0 Å². The molecule has 1 fully saturated rings. The molecule has 2 nitrogen and oxygen atoms in total. The summed E-state index contributed by atoms with van der Waals surface area (Å²) in [5, 5.41) is 9.04. The predicted molar refractivity (Wildman–Crippen MR) is 44.5 cm³/mol. The molecule has 0 aromatic carbocycles. The Balaban J connectivity index is 2.54. The van der Waals surface area contributed by atoms with Gasteiger partial charge in [-0.3, -0.25) is 0 Å². The van der Waals surface area contributed by atoms with Gasteiger partial charge in [0, 0.05) is 6.00 Å². The minimum absolute atomic E-state index is 0.0344. The van der Waals surface area contributed by atoms with Crippen molar-refractivity contribution in [3.8, 4) is 0 Å². The van der Waals surface area contributed by atoms with Crippen LogP contribution in [0.4, 0.5) is 0 Å². The van der Waals surface area contributed by atoms with Crippen molar-refractivity contribution in [2.45, 2.75) is 30.9 Å². The summed E-state index contributed by atoms with van der Waals surface area (Å²) in [4.78, 5) is 0. The molecule has 1 rings (SSSR count). The van der Waals surface area contributed by atoms with E-state index in [1.165, 1.54) is 0 Å². The highest BCUT2D eigenvalue weighted by Gasteiger charge is 2.36. The van der Waals surface area contributed by atoms with E-state index in [-0.39, 0.29) is 12.6 Å². The summed E-state index contributed by atoms with van der Waals surface area (Å²) in [6.07, 6.45) is 4.09. The molecule has 1 saturated heterocycles. The van der Waals surface area contributed by atoms with Crippen molar-refractivity contribution in [3.05, 3.63) is 12.7 Å². The second-order valence-corrected chi connectivity index (χ2v) is 3.03. The third-order valence-corrected chi connectivity index (χ3v) is 2.09. The molecule has 1 aliphatic heterocycles.